The van der Waals surface area contributed by atoms with Crippen LogP contribution in [0, 0.1) is 23.7 Å². The summed E-state index contributed by atoms with van der Waals surface area (Å²) in [7, 11) is 0. The number of hydrogen-bond donors (Lipinski definition) is 2. The first-order valence-electron chi connectivity index (χ1n) is 9.49. The van der Waals surface area contributed by atoms with Crippen LogP contribution in [0.5, 0.6) is 0 Å². The number of hydrogen-bond acceptors (Lipinski definition) is 4. The van der Waals surface area contributed by atoms with E-state index in [1.165, 1.54) is 11.3 Å². The Morgan fingerprint density at radius 1 is 1.00 bits per heavy atom. The Labute approximate surface area is 186 Å². The van der Waals surface area contributed by atoms with Crippen molar-refractivity contribution in [2.24, 2.45) is 23.7 Å². The molecule has 3 aromatic rings. The number of aliphatic carboxylic acids is 1. The number of halogens is 2. The molecule has 1 heterocycles. The Hall–Kier alpha value is -2.41. The number of benzene rings is 2. The Balaban J connectivity index is 1.40. The van der Waals surface area contributed by atoms with Crippen molar-refractivity contribution in [3.05, 3.63) is 58.6 Å². The third kappa shape index (κ3) is 3.29. The number of fused-ring (bicyclic) bond motifs is 3. The molecule has 2 aliphatic carbocycles. The average Bonchev–Trinajstić information content (AvgIpc) is 3.42. The average molecular weight is 459 g/mol. The fourth-order valence-corrected chi connectivity index (χ4v) is 5.74. The van der Waals surface area contributed by atoms with Crippen LogP contribution in [0.1, 0.15) is 6.42 Å². The fraction of sp³-hybridized carbons (Fsp3) is 0.227. The summed E-state index contributed by atoms with van der Waals surface area (Å²) in [5.41, 5.74) is 2.66. The molecule has 1 aromatic heterocycles. The zero-order chi connectivity index (χ0) is 21.0. The van der Waals surface area contributed by atoms with Crippen LogP contribution in [0.15, 0.2) is 48.6 Å². The van der Waals surface area contributed by atoms with Gasteiger partial charge in [0.25, 0.3) is 0 Å². The molecule has 0 aliphatic heterocycles. The molecule has 5 rings (SSSR count). The summed E-state index contributed by atoms with van der Waals surface area (Å²) in [4.78, 5) is 29.1. The highest BCUT2D eigenvalue weighted by atomic mass is 35.5. The van der Waals surface area contributed by atoms with Crippen LogP contribution in [0.3, 0.4) is 0 Å². The molecule has 30 heavy (non-hydrogen) atoms. The number of aromatic nitrogens is 1. The minimum Gasteiger partial charge on any atom is -0.481 e. The van der Waals surface area contributed by atoms with Gasteiger partial charge in [-0.3, -0.25) is 9.59 Å². The lowest BCUT2D eigenvalue weighted by Crippen LogP contribution is -2.36. The molecule has 1 saturated carbocycles. The Morgan fingerprint density at radius 2 is 1.70 bits per heavy atom. The van der Waals surface area contributed by atoms with E-state index in [1.807, 2.05) is 42.5 Å². The van der Waals surface area contributed by atoms with Crippen LogP contribution in [0.2, 0.25) is 10.0 Å². The number of carboxylic acids is 1. The second kappa shape index (κ2) is 7.38. The largest absolute Gasteiger partial charge is 0.481 e. The second-order valence-electron chi connectivity index (χ2n) is 7.66. The van der Waals surface area contributed by atoms with E-state index in [9.17, 15) is 14.7 Å². The minimum atomic E-state index is -0.914. The number of amides is 1. The van der Waals surface area contributed by atoms with Gasteiger partial charge in [-0.15, -0.1) is 0 Å². The number of carbonyl (C=O) groups excluding carboxylic acids is 1. The van der Waals surface area contributed by atoms with Gasteiger partial charge in [0.1, 0.15) is 0 Å². The van der Waals surface area contributed by atoms with Crippen LogP contribution < -0.4 is 5.32 Å². The van der Waals surface area contributed by atoms with Gasteiger partial charge in [0.2, 0.25) is 5.91 Å². The predicted octanol–water partition coefficient (Wildman–Crippen LogP) is 5.73. The summed E-state index contributed by atoms with van der Waals surface area (Å²) in [6, 6.07) is 11.3. The van der Waals surface area contributed by atoms with E-state index in [1.54, 1.807) is 6.07 Å². The quantitative estimate of drug-likeness (QED) is 0.489. The number of allylic oxidation sites excluding steroid dienone is 2. The van der Waals surface area contributed by atoms with Gasteiger partial charge in [-0.1, -0.05) is 58.8 Å². The molecule has 0 radical (unpaired) electrons. The minimum absolute atomic E-state index is 0.0215. The highest BCUT2D eigenvalue weighted by Crippen LogP contribution is 2.48. The number of anilines is 1. The van der Waals surface area contributed by atoms with Crippen LogP contribution in [-0.4, -0.2) is 22.0 Å². The molecule has 1 fully saturated rings. The number of rotatable bonds is 4. The summed E-state index contributed by atoms with van der Waals surface area (Å²) in [5, 5.41) is 13.9. The summed E-state index contributed by atoms with van der Waals surface area (Å²) in [6.07, 6.45) is 4.62. The van der Waals surface area contributed by atoms with Crippen molar-refractivity contribution < 1.29 is 14.7 Å². The van der Waals surface area contributed by atoms with Gasteiger partial charge in [-0.25, -0.2) is 4.98 Å². The lowest BCUT2D eigenvalue weighted by atomic mass is 9.82. The first-order chi connectivity index (χ1) is 14.4. The van der Waals surface area contributed by atoms with Gasteiger partial charge < -0.3 is 10.4 Å². The predicted molar refractivity (Wildman–Crippen MR) is 119 cm³/mol. The van der Waals surface area contributed by atoms with Crippen LogP contribution in [-0.2, 0) is 9.59 Å². The number of carboxylic acid groups (broad SMARTS) is 1. The lowest BCUT2D eigenvalue weighted by molar-refractivity contribution is -0.146. The van der Waals surface area contributed by atoms with Crippen molar-refractivity contribution in [3.8, 4) is 11.1 Å². The molecule has 2 aliphatic rings. The molecule has 5 nitrogen and oxygen atoms in total. The topological polar surface area (TPSA) is 79.3 Å². The van der Waals surface area contributed by atoms with Gasteiger partial charge in [0.15, 0.2) is 5.13 Å². The Kier molecular flexibility index (Phi) is 4.81. The molecular weight excluding hydrogens is 443 g/mol. The van der Waals surface area contributed by atoms with Crippen LogP contribution in [0.25, 0.3) is 21.3 Å². The molecule has 152 valence electrons. The van der Waals surface area contributed by atoms with Crippen molar-refractivity contribution >= 4 is 61.8 Å². The van der Waals surface area contributed by atoms with Crippen molar-refractivity contribution in [1.29, 1.82) is 0 Å². The van der Waals surface area contributed by atoms with E-state index in [0.717, 1.165) is 27.8 Å². The molecule has 0 saturated heterocycles. The van der Waals surface area contributed by atoms with Crippen molar-refractivity contribution in [2.75, 3.05) is 5.32 Å². The number of nitrogens with zero attached hydrogens (tertiary/aromatic N) is 1. The summed E-state index contributed by atoms with van der Waals surface area (Å²) in [5.74, 6) is -2.50. The summed E-state index contributed by atoms with van der Waals surface area (Å²) < 4.78 is 0.913. The zero-order valence-electron chi connectivity index (χ0n) is 15.5. The third-order valence-electron chi connectivity index (χ3n) is 5.92. The molecule has 8 heteroatoms. The monoisotopic (exact) mass is 458 g/mol. The van der Waals surface area contributed by atoms with E-state index < -0.39 is 17.8 Å². The highest BCUT2D eigenvalue weighted by molar-refractivity contribution is 7.22. The van der Waals surface area contributed by atoms with Gasteiger partial charge in [-0.05, 0) is 53.6 Å². The van der Waals surface area contributed by atoms with E-state index in [-0.39, 0.29) is 17.7 Å². The van der Waals surface area contributed by atoms with Gasteiger partial charge in [0, 0.05) is 0 Å². The highest BCUT2D eigenvalue weighted by Gasteiger charge is 2.51. The fourth-order valence-electron chi connectivity index (χ4n) is 4.54. The molecule has 4 atom stereocenters. The summed E-state index contributed by atoms with van der Waals surface area (Å²) >= 11 is 13.5. The molecule has 2 aromatic carbocycles. The maximum atomic E-state index is 12.9. The molecule has 4 unspecified atom stereocenters. The molecular formula is C22H16Cl2N2O3S. The molecule has 2 N–H and O–H groups in total. The third-order valence-corrected chi connectivity index (χ3v) is 7.59. The standard InChI is InChI=1S/C22H16Cl2N2O3S/c23-14-5-3-10(8-15(14)24)11-4-6-16-17(9-11)30-22(25-16)26-20(27)18-12-1-2-13(7-12)19(18)21(28)29/h1-6,8-9,12-13,18-19H,7H2,(H,28,29)(H,25,26,27). The lowest BCUT2D eigenvalue weighted by Gasteiger charge is -2.23. The maximum absolute atomic E-state index is 12.9. The second-order valence-corrected chi connectivity index (χ2v) is 9.50. The molecule has 0 spiro atoms. The van der Waals surface area contributed by atoms with E-state index >= 15 is 0 Å². The Morgan fingerprint density at radius 3 is 2.43 bits per heavy atom. The summed E-state index contributed by atoms with van der Waals surface area (Å²) in [6.45, 7) is 0. The van der Waals surface area contributed by atoms with Gasteiger partial charge in [-0.2, -0.15) is 0 Å². The van der Waals surface area contributed by atoms with Crippen molar-refractivity contribution in [3.63, 3.8) is 0 Å². The smallest absolute Gasteiger partial charge is 0.307 e. The van der Waals surface area contributed by atoms with Crippen molar-refractivity contribution in [2.45, 2.75) is 6.42 Å². The SMILES string of the molecule is O=C(O)C1C2C=CC(C2)C1C(=O)Nc1nc2ccc(-c3ccc(Cl)c(Cl)c3)cc2s1. The van der Waals surface area contributed by atoms with Gasteiger partial charge >= 0.3 is 5.97 Å². The van der Waals surface area contributed by atoms with Crippen LogP contribution >= 0.6 is 34.5 Å². The first-order valence-corrected chi connectivity index (χ1v) is 11.1. The van der Waals surface area contributed by atoms with E-state index in [0.29, 0.717) is 15.2 Å². The normalized spacial score (nSPS) is 24.5. The van der Waals surface area contributed by atoms with Crippen LogP contribution in [0.4, 0.5) is 5.13 Å². The maximum Gasteiger partial charge on any atom is 0.307 e. The van der Waals surface area contributed by atoms with Gasteiger partial charge in [0.05, 0.1) is 32.1 Å². The van der Waals surface area contributed by atoms with E-state index in [2.05, 4.69) is 10.3 Å². The number of thiazole rings is 1. The Bertz CT molecular complexity index is 1220. The van der Waals surface area contributed by atoms with E-state index in [4.69, 9.17) is 23.2 Å². The number of nitrogens with one attached hydrogen (secondary N) is 1. The molecule has 1 amide bonds. The molecule has 2 bridgehead atoms. The van der Waals surface area contributed by atoms with Crippen molar-refractivity contribution in [1.82, 2.24) is 4.98 Å². The first kappa shape index (κ1) is 19.5. The number of carbonyl (C=O) groups is 2. The zero-order valence-corrected chi connectivity index (χ0v) is 17.8.